The number of rotatable bonds is 8. The van der Waals surface area contributed by atoms with Crippen molar-refractivity contribution in [3.8, 4) is 28.5 Å². The largest absolute Gasteiger partial charge is 0.493 e. The Morgan fingerprint density at radius 1 is 1.00 bits per heavy atom. The van der Waals surface area contributed by atoms with Crippen LogP contribution in [0, 0.1) is 13.8 Å². The minimum atomic E-state index is -0.138. The van der Waals surface area contributed by atoms with Gasteiger partial charge in [0.1, 0.15) is 0 Å². The van der Waals surface area contributed by atoms with Crippen LogP contribution in [0.25, 0.3) is 16.9 Å². The average molecular weight is 495 g/mol. The quantitative estimate of drug-likeness (QED) is 0.359. The number of nitrogens with one attached hydrogen (secondary N) is 1. The molecule has 0 saturated carbocycles. The Morgan fingerprint density at radius 3 is 2.26 bits per heavy atom. The van der Waals surface area contributed by atoms with E-state index in [2.05, 4.69) is 5.32 Å². The van der Waals surface area contributed by atoms with E-state index in [9.17, 15) is 4.79 Å². The predicted octanol–water partition coefficient (Wildman–Crippen LogP) is 5.26. The summed E-state index contributed by atoms with van der Waals surface area (Å²) in [5, 5.41) is 8.32. The summed E-state index contributed by atoms with van der Waals surface area (Å²) in [5.41, 5.74) is 5.91. The molecule has 0 saturated heterocycles. The molecule has 0 fully saturated rings. The molecule has 0 atom stereocenters. The van der Waals surface area contributed by atoms with E-state index in [0.29, 0.717) is 34.4 Å². The van der Waals surface area contributed by atoms with Gasteiger partial charge < -0.3 is 19.5 Å². The Labute approximate surface area is 208 Å². The SMILES string of the molecule is COc1cc(NC(=O)CCc2c(C)nc3cc(-c4ccc(Cl)cc4)nn3c2C)cc(OC)c1OC. The van der Waals surface area contributed by atoms with E-state index in [4.69, 9.17) is 35.9 Å². The Morgan fingerprint density at radius 2 is 1.66 bits per heavy atom. The van der Waals surface area contributed by atoms with Crippen molar-refractivity contribution in [1.29, 1.82) is 0 Å². The van der Waals surface area contributed by atoms with Crippen LogP contribution in [0.15, 0.2) is 42.5 Å². The lowest BCUT2D eigenvalue weighted by Crippen LogP contribution is -2.14. The van der Waals surface area contributed by atoms with E-state index in [-0.39, 0.29) is 12.3 Å². The number of benzene rings is 2. The van der Waals surface area contributed by atoms with Crippen LogP contribution in [0.2, 0.25) is 5.02 Å². The molecule has 182 valence electrons. The molecule has 0 bridgehead atoms. The van der Waals surface area contributed by atoms with Crippen LogP contribution < -0.4 is 19.5 Å². The molecule has 0 aliphatic carbocycles. The second-order valence-electron chi connectivity index (χ2n) is 8.03. The number of aromatic nitrogens is 3. The molecule has 4 rings (SSSR count). The van der Waals surface area contributed by atoms with Gasteiger partial charge in [0.25, 0.3) is 0 Å². The van der Waals surface area contributed by atoms with E-state index >= 15 is 0 Å². The van der Waals surface area contributed by atoms with Crippen LogP contribution in [0.3, 0.4) is 0 Å². The summed E-state index contributed by atoms with van der Waals surface area (Å²) in [6.07, 6.45) is 0.795. The van der Waals surface area contributed by atoms with Crippen LogP contribution >= 0.6 is 11.6 Å². The third kappa shape index (κ3) is 5.02. The number of carbonyl (C=O) groups is 1. The van der Waals surface area contributed by atoms with Gasteiger partial charge in [-0.1, -0.05) is 23.7 Å². The number of aryl methyl sites for hydroxylation is 2. The summed E-state index contributed by atoms with van der Waals surface area (Å²) in [7, 11) is 4.60. The lowest BCUT2D eigenvalue weighted by atomic mass is 10.1. The number of carbonyl (C=O) groups excluding carboxylic acids is 1. The smallest absolute Gasteiger partial charge is 0.224 e. The van der Waals surface area contributed by atoms with Gasteiger partial charge in [0, 0.05) is 52.3 Å². The molecule has 1 amide bonds. The number of hydrogen-bond donors (Lipinski definition) is 1. The molecule has 8 nitrogen and oxygen atoms in total. The highest BCUT2D eigenvalue weighted by Gasteiger charge is 2.17. The summed E-state index contributed by atoms with van der Waals surface area (Å²) in [6.45, 7) is 3.95. The predicted molar refractivity (Wildman–Crippen MR) is 136 cm³/mol. The summed E-state index contributed by atoms with van der Waals surface area (Å²) < 4.78 is 17.9. The molecular weight excluding hydrogens is 468 g/mol. The average Bonchev–Trinajstić information content (AvgIpc) is 3.27. The van der Waals surface area contributed by atoms with Gasteiger partial charge in [-0.05, 0) is 38.0 Å². The van der Waals surface area contributed by atoms with E-state index in [1.165, 1.54) is 21.3 Å². The summed E-state index contributed by atoms with van der Waals surface area (Å²) >= 11 is 6.01. The monoisotopic (exact) mass is 494 g/mol. The Kier molecular flexibility index (Phi) is 7.12. The standard InChI is InChI=1S/C26H27ClN4O4/c1-15-20(10-11-25(32)29-19-12-22(33-3)26(35-5)23(13-19)34-4)16(2)31-24(28-15)14-21(30-31)17-6-8-18(27)9-7-17/h6-9,12-14H,10-11H2,1-5H3,(H,29,32). The third-order valence-corrected chi connectivity index (χ3v) is 6.11. The third-order valence-electron chi connectivity index (χ3n) is 5.85. The zero-order chi connectivity index (χ0) is 25.1. The first-order valence-electron chi connectivity index (χ1n) is 11.1. The van der Waals surface area contributed by atoms with Crippen molar-refractivity contribution < 1.29 is 19.0 Å². The lowest BCUT2D eigenvalue weighted by Gasteiger charge is -2.15. The fourth-order valence-corrected chi connectivity index (χ4v) is 4.19. The zero-order valence-electron chi connectivity index (χ0n) is 20.3. The number of nitrogens with zero attached hydrogens (tertiary/aromatic N) is 3. The number of methoxy groups -OCH3 is 3. The van der Waals surface area contributed by atoms with E-state index in [0.717, 1.165) is 33.9 Å². The van der Waals surface area contributed by atoms with Gasteiger partial charge in [0.15, 0.2) is 17.1 Å². The number of hydrogen-bond acceptors (Lipinski definition) is 6. The molecule has 0 spiro atoms. The summed E-state index contributed by atoms with van der Waals surface area (Å²) in [4.78, 5) is 17.5. The molecule has 0 aliphatic heterocycles. The van der Waals surface area contributed by atoms with Crippen LogP contribution in [-0.4, -0.2) is 41.8 Å². The second kappa shape index (κ2) is 10.2. The van der Waals surface area contributed by atoms with Crippen LogP contribution in [-0.2, 0) is 11.2 Å². The van der Waals surface area contributed by atoms with E-state index in [1.54, 1.807) is 12.1 Å². The van der Waals surface area contributed by atoms with Crippen LogP contribution in [0.5, 0.6) is 17.2 Å². The first-order chi connectivity index (χ1) is 16.8. The van der Waals surface area contributed by atoms with Crippen molar-refractivity contribution in [3.05, 3.63) is 64.4 Å². The van der Waals surface area contributed by atoms with Gasteiger partial charge in [-0.3, -0.25) is 4.79 Å². The molecule has 2 aromatic heterocycles. The van der Waals surface area contributed by atoms with E-state index in [1.807, 2.05) is 48.7 Å². The molecule has 0 aliphatic rings. The van der Waals surface area contributed by atoms with Gasteiger partial charge in [-0.15, -0.1) is 0 Å². The molecule has 0 radical (unpaired) electrons. The van der Waals surface area contributed by atoms with Crippen molar-refractivity contribution >= 4 is 28.8 Å². The fraction of sp³-hybridized carbons (Fsp3) is 0.269. The van der Waals surface area contributed by atoms with Gasteiger partial charge >= 0.3 is 0 Å². The summed E-state index contributed by atoms with van der Waals surface area (Å²) in [5.74, 6) is 1.27. The normalized spacial score (nSPS) is 10.9. The number of anilines is 1. The molecule has 35 heavy (non-hydrogen) atoms. The van der Waals surface area contributed by atoms with E-state index < -0.39 is 0 Å². The Bertz CT molecular complexity index is 1360. The Balaban J connectivity index is 1.53. The molecule has 4 aromatic rings. The first kappa shape index (κ1) is 24.3. The fourth-order valence-electron chi connectivity index (χ4n) is 4.07. The van der Waals surface area contributed by atoms with Gasteiger partial charge in [-0.2, -0.15) is 5.10 Å². The van der Waals surface area contributed by atoms with Gasteiger partial charge in [-0.25, -0.2) is 9.50 Å². The minimum Gasteiger partial charge on any atom is -0.493 e. The van der Waals surface area contributed by atoms with Crippen molar-refractivity contribution in [3.63, 3.8) is 0 Å². The number of ether oxygens (including phenoxy) is 3. The maximum absolute atomic E-state index is 12.8. The van der Waals surface area contributed by atoms with Crippen LogP contribution in [0.1, 0.15) is 23.4 Å². The molecule has 1 N–H and O–H groups in total. The van der Waals surface area contributed by atoms with Crippen molar-refractivity contribution in [2.75, 3.05) is 26.6 Å². The van der Waals surface area contributed by atoms with Crippen molar-refractivity contribution in [2.24, 2.45) is 0 Å². The molecule has 9 heteroatoms. The topological polar surface area (TPSA) is 87.0 Å². The van der Waals surface area contributed by atoms with Crippen LogP contribution in [0.4, 0.5) is 5.69 Å². The highest BCUT2D eigenvalue weighted by Crippen LogP contribution is 2.40. The number of fused-ring (bicyclic) bond motifs is 1. The highest BCUT2D eigenvalue weighted by atomic mass is 35.5. The molecule has 0 unspecified atom stereocenters. The molecule has 2 heterocycles. The Hall–Kier alpha value is -3.78. The van der Waals surface area contributed by atoms with Crippen molar-refractivity contribution in [1.82, 2.24) is 14.6 Å². The molecule has 2 aromatic carbocycles. The second-order valence-corrected chi connectivity index (χ2v) is 8.47. The molecular formula is C26H27ClN4O4. The first-order valence-corrected chi connectivity index (χ1v) is 11.4. The van der Waals surface area contributed by atoms with Crippen molar-refractivity contribution in [2.45, 2.75) is 26.7 Å². The zero-order valence-corrected chi connectivity index (χ0v) is 21.1. The number of amides is 1. The maximum Gasteiger partial charge on any atom is 0.224 e. The number of halogens is 1. The highest BCUT2D eigenvalue weighted by molar-refractivity contribution is 6.30. The maximum atomic E-state index is 12.8. The lowest BCUT2D eigenvalue weighted by molar-refractivity contribution is -0.116. The van der Waals surface area contributed by atoms with Gasteiger partial charge in [0.05, 0.1) is 27.0 Å². The van der Waals surface area contributed by atoms with Gasteiger partial charge in [0.2, 0.25) is 11.7 Å². The summed E-state index contributed by atoms with van der Waals surface area (Å²) in [6, 6.07) is 12.9. The minimum absolute atomic E-state index is 0.138.